The van der Waals surface area contributed by atoms with Crippen LogP contribution >= 0.6 is 0 Å². The summed E-state index contributed by atoms with van der Waals surface area (Å²) in [5.41, 5.74) is 11.6. The van der Waals surface area contributed by atoms with Gasteiger partial charge < -0.3 is 10.6 Å². The molecule has 0 saturated carbocycles. The van der Waals surface area contributed by atoms with Crippen LogP contribution in [0.5, 0.6) is 0 Å². The molecule has 1 fully saturated rings. The Bertz CT molecular complexity index is 825. The van der Waals surface area contributed by atoms with Gasteiger partial charge in [-0.05, 0) is 53.4 Å². The monoisotopic (exact) mass is 350 g/mol. The van der Waals surface area contributed by atoms with Gasteiger partial charge in [0.05, 0.1) is 5.69 Å². The molecule has 1 saturated heterocycles. The predicted molar refractivity (Wildman–Crippen MR) is 108 cm³/mol. The number of fused-ring (bicyclic) bond motifs is 1. The van der Waals surface area contributed by atoms with Gasteiger partial charge in [0.2, 0.25) is 5.95 Å². The Balaban J connectivity index is 1.73. The van der Waals surface area contributed by atoms with E-state index in [1.165, 1.54) is 29.5 Å². The normalized spacial score (nSPS) is 23.7. The molecule has 0 radical (unpaired) electrons. The number of rotatable bonds is 2. The number of nitrogens with two attached hydrogens (primary N) is 1. The first-order chi connectivity index (χ1) is 12.3. The molecular weight excluding hydrogens is 320 g/mol. The van der Waals surface area contributed by atoms with Crippen LogP contribution in [0.25, 0.3) is 11.3 Å². The van der Waals surface area contributed by atoms with Crippen LogP contribution in [0.4, 0.5) is 5.95 Å². The Morgan fingerprint density at radius 2 is 1.77 bits per heavy atom. The molecule has 1 aromatic heterocycles. The van der Waals surface area contributed by atoms with Crippen LogP contribution in [0, 0.1) is 0 Å². The molecule has 26 heavy (non-hydrogen) atoms. The van der Waals surface area contributed by atoms with Crippen molar-refractivity contribution in [2.45, 2.75) is 63.8 Å². The van der Waals surface area contributed by atoms with Crippen LogP contribution in [0.1, 0.15) is 58.1 Å². The van der Waals surface area contributed by atoms with Crippen molar-refractivity contribution in [1.82, 2.24) is 9.97 Å². The van der Waals surface area contributed by atoms with E-state index >= 15 is 0 Å². The molecule has 4 nitrogen and oxygen atoms in total. The molecule has 0 bridgehead atoms. The quantitative estimate of drug-likeness (QED) is 0.888. The van der Waals surface area contributed by atoms with E-state index in [0.717, 1.165) is 31.2 Å². The molecule has 1 aliphatic carbocycles. The summed E-state index contributed by atoms with van der Waals surface area (Å²) >= 11 is 0. The van der Waals surface area contributed by atoms with Crippen molar-refractivity contribution in [3.05, 3.63) is 41.6 Å². The molecule has 2 aliphatic rings. The maximum atomic E-state index is 6.05. The summed E-state index contributed by atoms with van der Waals surface area (Å²) in [6, 6.07) is 9.15. The summed E-state index contributed by atoms with van der Waals surface area (Å²) in [4.78, 5) is 11.5. The fourth-order valence-electron chi connectivity index (χ4n) is 4.38. The van der Waals surface area contributed by atoms with Crippen molar-refractivity contribution in [3.63, 3.8) is 0 Å². The molecule has 2 N–H and O–H groups in total. The van der Waals surface area contributed by atoms with E-state index in [4.69, 9.17) is 10.7 Å². The van der Waals surface area contributed by atoms with E-state index in [0.29, 0.717) is 0 Å². The summed E-state index contributed by atoms with van der Waals surface area (Å²) in [6.45, 7) is 11.2. The van der Waals surface area contributed by atoms with Gasteiger partial charge in [0.1, 0.15) is 0 Å². The topological polar surface area (TPSA) is 55.0 Å². The van der Waals surface area contributed by atoms with Crippen LogP contribution in [-0.2, 0) is 10.8 Å². The summed E-state index contributed by atoms with van der Waals surface area (Å²) in [6.07, 6.45) is 5.34. The van der Waals surface area contributed by atoms with Gasteiger partial charge in [-0.15, -0.1) is 0 Å². The molecule has 1 aromatic carbocycles. The van der Waals surface area contributed by atoms with Gasteiger partial charge in [-0.1, -0.05) is 39.8 Å². The lowest BCUT2D eigenvalue weighted by Crippen LogP contribution is -2.33. The van der Waals surface area contributed by atoms with Crippen LogP contribution < -0.4 is 10.6 Å². The zero-order valence-corrected chi connectivity index (χ0v) is 16.4. The maximum Gasteiger partial charge on any atom is 0.225 e. The van der Waals surface area contributed by atoms with Gasteiger partial charge in [0, 0.05) is 30.9 Å². The lowest BCUT2D eigenvalue weighted by atomic mass is 9.63. The minimum atomic E-state index is 0.207. The highest BCUT2D eigenvalue weighted by molar-refractivity contribution is 5.64. The SMILES string of the molecule is CC1(C)CCC(C)(C)c2cc(-c3ccnc(N4CCC(N)C4)n3)ccc21. The van der Waals surface area contributed by atoms with E-state index in [1.807, 2.05) is 12.3 Å². The molecule has 2 heterocycles. The number of hydrogen-bond donors (Lipinski definition) is 1. The van der Waals surface area contributed by atoms with Gasteiger partial charge in [-0.2, -0.15) is 0 Å². The molecule has 4 heteroatoms. The van der Waals surface area contributed by atoms with Gasteiger partial charge >= 0.3 is 0 Å². The van der Waals surface area contributed by atoms with Crippen LogP contribution in [-0.4, -0.2) is 29.1 Å². The number of hydrogen-bond acceptors (Lipinski definition) is 4. The zero-order valence-electron chi connectivity index (χ0n) is 16.4. The van der Waals surface area contributed by atoms with Gasteiger partial charge in [0.15, 0.2) is 0 Å². The van der Waals surface area contributed by atoms with Crippen molar-refractivity contribution in [2.75, 3.05) is 18.0 Å². The third kappa shape index (κ3) is 3.01. The molecule has 138 valence electrons. The van der Waals surface area contributed by atoms with Crippen molar-refractivity contribution >= 4 is 5.95 Å². The fraction of sp³-hybridized carbons (Fsp3) is 0.545. The van der Waals surface area contributed by atoms with E-state index < -0.39 is 0 Å². The number of anilines is 1. The van der Waals surface area contributed by atoms with E-state index in [9.17, 15) is 0 Å². The molecule has 0 spiro atoms. The first-order valence-corrected chi connectivity index (χ1v) is 9.75. The Labute approximate surface area is 156 Å². The fourth-order valence-corrected chi connectivity index (χ4v) is 4.38. The molecule has 4 rings (SSSR count). The lowest BCUT2D eigenvalue weighted by molar-refractivity contribution is 0.332. The summed E-state index contributed by atoms with van der Waals surface area (Å²) < 4.78 is 0. The number of aromatic nitrogens is 2. The minimum Gasteiger partial charge on any atom is -0.339 e. The Morgan fingerprint density at radius 3 is 2.46 bits per heavy atom. The summed E-state index contributed by atoms with van der Waals surface area (Å²) in [7, 11) is 0. The molecule has 1 aliphatic heterocycles. The lowest BCUT2D eigenvalue weighted by Gasteiger charge is -2.42. The third-order valence-electron chi connectivity index (χ3n) is 6.30. The van der Waals surface area contributed by atoms with Gasteiger partial charge in [-0.3, -0.25) is 0 Å². The molecule has 0 amide bonds. The van der Waals surface area contributed by atoms with Crippen molar-refractivity contribution in [2.24, 2.45) is 5.73 Å². The predicted octanol–water partition coefficient (Wildman–Crippen LogP) is 4.03. The second-order valence-electron chi connectivity index (χ2n) is 9.26. The average molecular weight is 351 g/mol. The highest BCUT2D eigenvalue weighted by atomic mass is 15.3. The molecular formula is C22H30N4. The Morgan fingerprint density at radius 1 is 1.04 bits per heavy atom. The highest BCUT2D eigenvalue weighted by Gasteiger charge is 2.37. The van der Waals surface area contributed by atoms with Crippen LogP contribution in [0.3, 0.4) is 0 Å². The Hall–Kier alpha value is -1.94. The second-order valence-corrected chi connectivity index (χ2v) is 9.26. The largest absolute Gasteiger partial charge is 0.339 e. The van der Waals surface area contributed by atoms with Crippen LogP contribution in [0.2, 0.25) is 0 Å². The van der Waals surface area contributed by atoms with E-state index in [2.05, 4.69) is 55.8 Å². The smallest absolute Gasteiger partial charge is 0.225 e. The first kappa shape index (κ1) is 17.5. The molecule has 1 unspecified atom stereocenters. The minimum absolute atomic E-state index is 0.207. The molecule has 2 aromatic rings. The van der Waals surface area contributed by atoms with E-state index in [1.54, 1.807) is 0 Å². The van der Waals surface area contributed by atoms with Crippen LogP contribution in [0.15, 0.2) is 30.5 Å². The van der Waals surface area contributed by atoms with Crippen molar-refractivity contribution in [3.8, 4) is 11.3 Å². The maximum absolute atomic E-state index is 6.05. The third-order valence-corrected chi connectivity index (χ3v) is 6.30. The standard InChI is InChI=1S/C22H30N4/c1-21(2)9-10-22(3,4)18-13-15(5-6-17(18)21)19-7-11-24-20(25-19)26-12-8-16(23)14-26/h5-7,11,13,16H,8-10,12,14,23H2,1-4H3. The average Bonchev–Trinajstić information content (AvgIpc) is 3.05. The summed E-state index contributed by atoms with van der Waals surface area (Å²) in [5.74, 6) is 0.799. The highest BCUT2D eigenvalue weighted by Crippen LogP contribution is 2.46. The second kappa shape index (κ2) is 6.05. The number of nitrogens with zero attached hydrogens (tertiary/aromatic N) is 3. The Kier molecular flexibility index (Phi) is 4.07. The summed E-state index contributed by atoms with van der Waals surface area (Å²) in [5, 5.41) is 0. The first-order valence-electron chi connectivity index (χ1n) is 9.75. The van der Waals surface area contributed by atoms with Crippen molar-refractivity contribution in [1.29, 1.82) is 0 Å². The molecule has 1 atom stereocenters. The van der Waals surface area contributed by atoms with Gasteiger partial charge in [0.25, 0.3) is 0 Å². The van der Waals surface area contributed by atoms with Crippen molar-refractivity contribution < 1.29 is 0 Å². The van der Waals surface area contributed by atoms with Gasteiger partial charge in [-0.25, -0.2) is 9.97 Å². The number of benzene rings is 1. The van der Waals surface area contributed by atoms with E-state index in [-0.39, 0.29) is 16.9 Å². The zero-order chi connectivity index (χ0) is 18.5.